The molecule has 0 bridgehead atoms. The van der Waals surface area contributed by atoms with Crippen molar-refractivity contribution in [2.24, 2.45) is 0 Å². The minimum absolute atomic E-state index is 0.0415. The average Bonchev–Trinajstić information content (AvgIpc) is 2.95. The van der Waals surface area contributed by atoms with Crippen LogP contribution in [0.3, 0.4) is 0 Å². The Bertz CT molecular complexity index is 1470. The van der Waals surface area contributed by atoms with E-state index in [0.29, 0.717) is 6.54 Å². The normalized spacial score (nSPS) is 12.0. The molecule has 3 aromatic rings. The van der Waals surface area contributed by atoms with E-state index in [1.807, 2.05) is 13.8 Å². The molecule has 8 nitrogen and oxygen atoms in total. The third kappa shape index (κ3) is 7.98. The lowest BCUT2D eigenvalue weighted by molar-refractivity contribution is -0.139. The van der Waals surface area contributed by atoms with Crippen molar-refractivity contribution in [1.82, 2.24) is 10.2 Å². The number of ether oxygens (including phenoxy) is 1. The number of sulfonamides is 1. The number of methoxy groups -OCH3 is 1. The number of aryl methyl sites for hydroxylation is 1. The maximum atomic E-state index is 14.7. The van der Waals surface area contributed by atoms with Gasteiger partial charge >= 0.3 is 0 Å². The highest BCUT2D eigenvalue weighted by molar-refractivity contribution is 7.92. The number of halogens is 2. The van der Waals surface area contributed by atoms with Gasteiger partial charge in [0.25, 0.3) is 10.0 Å². The Hall–Kier alpha value is -3.63. The van der Waals surface area contributed by atoms with Crippen molar-refractivity contribution < 1.29 is 27.1 Å². The summed E-state index contributed by atoms with van der Waals surface area (Å²) in [7, 11) is -2.95. The summed E-state index contributed by atoms with van der Waals surface area (Å²) in [5.41, 5.74) is 1.08. The Labute approximate surface area is 246 Å². The van der Waals surface area contributed by atoms with E-state index < -0.39 is 40.2 Å². The van der Waals surface area contributed by atoms with Crippen LogP contribution in [0.2, 0.25) is 5.02 Å². The van der Waals surface area contributed by atoms with Gasteiger partial charge in [-0.3, -0.25) is 13.9 Å². The number of nitrogens with zero attached hydrogens (tertiary/aromatic N) is 2. The molecule has 1 atom stereocenters. The standard InChI is InChI=1S/C30H35ClFN3O5S/c1-5-6-17-33-30(37)22(3)34(19-23-9-7-8-10-26(23)32)29(36)20-35(27-18-24(31)13-16-28(27)40-4)41(38,39)25-14-11-21(2)12-15-25/h7-16,18,22H,5-6,17,19-20H2,1-4H3,(H,33,37)/t22-/m1/s1. The number of carbonyl (C=O) groups excluding carboxylic acids is 2. The monoisotopic (exact) mass is 603 g/mol. The highest BCUT2D eigenvalue weighted by atomic mass is 35.5. The van der Waals surface area contributed by atoms with Gasteiger partial charge in [0.15, 0.2) is 0 Å². The Morgan fingerprint density at radius 1 is 1.07 bits per heavy atom. The fourth-order valence-electron chi connectivity index (χ4n) is 4.14. The number of hydrogen-bond donors (Lipinski definition) is 1. The highest BCUT2D eigenvalue weighted by Crippen LogP contribution is 2.35. The molecule has 41 heavy (non-hydrogen) atoms. The van der Waals surface area contributed by atoms with E-state index in [1.54, 1.807) is 18.2 Å². The van der Waals surface area contributed by atoms with Crippen molar-refractivity contribution in [2.75, 3.05) is 24.5 Å². The number of amides is 2. The zero-order valence-corrected chi connectivity index (χ0v) is 25.1. The predicted octanol–water partition coefficient (Wildman–Crippen LogP) is 5.33. The minimum Gasteiger partial charge on any atom is -0.495 e. The molecule has 2 amide bonds. The molecule has 0 aliphatic carbocycles. The zero-order valence-electron chi connectivity index (χ0n) is 23.6. The Balaban J connectivity index is 2.08. The number of rotatable bonds is 13. The summed E-state index contributed by atoms with van der Waals surface area (Å²) in [6.07, 6.45) is 1.61. The second kappa shape index (κ2) is 14.3. The molecule has 0 saturated carbocycles. The Kier molecular flexibility index (Phi) is 11.1. The van der Waals surface area contributed by atoms with Crippen molar-refractivity contribution in [3.8, 4) is 5.75 Å². The number of hydrogen-bond acceptors (Lipinski definition) is 5. The van der Waals surface area contributed by atoms with E-state index in [1.165, 1.54) is 67.5 Å². The lowest BCUT2D eigenvalue weighted by atomic mass is 10.1. The summed E-state index contributed by atoms with van der Waals surface area (Å²) >= 11 is 6.24. The van der Waals surface area contributed by atoms with Crippen molar-refractivity contribution in [2.45, 2.75) is 51.1 Å². The first-order chi connectivity index (χ1) is 19.5. The van der Waals surface area contributed by atoms with Gasteiger partial charge in [-0.2, -0.15) is 0 Å². The van der Waals surface area contributed by atoms with Gasteiger partial charge in [-0.15, -0.1) is 0 Å². The van der Waals surface area contributed by atoms with Crippen LogP contribution in [0.25, 0.3) is 0 Å². The number of benzene rings is 3. The third-order valence-electron chi connectivity index (χ3n) is 6.59. The maximum absolute atomic E-state index is 14.7. The fraction of sp³-hybridized carbons (Fsp3) is 0.333. The lowest BCUT2D eigenvalue weighted by Gasteiger charge is -2.32. The fourth-order valence-corrected chi connectivity index (χ4v) is 5.72. The lowest BCUT2D eigenvalue weighted by Crippen LogP contribution is -2.51. The van der Waals surface area contributed by atoms with Crippen molar-refractivity contribution >= 4 is 39.1 Å². The van der Waals surface area contributed by atoms with E-state index in [-0.39, 0.29) is 33.5 Å². The van der Waals surface area contributed by atoms with Crippen LogP contribution in [0, 0.1) is 12.7 Å². The molecule has 0 unspecified atom stereocenters. The van der Waals surface area contributed by atoms with Gasteiger partial charge in [-0.25, -0.2) is 12.8 Å². The van der Waals surface area contributed by atoms with Gasteiger partial charge in [0.2, 0.25) is 11.8 Å². The first-order valence-electron chi connectivity index (χ1n) is 13.2. The van der Waals surface area contributed by atoms with E-state index in [4.69, 9.17) is 16.3 Å². The Morgan fingerprint density at radius 3 is 2.39 bits per heavy atom. The summed E-state index contributed by atoms with van der Waals surface area (Å²) in [6, 6.07) is 15.5. The van der Waals surface area contributed by atoms with Crippen LogP contribution in [0.4, 0.5) is 10.1 Å². The third-order valence-corrected chi connectivity index (χ3v) is 8.60. The molecule has 0 spiro atoms. The molecule has 11 heteroatoms. The molecule has 3 rings (SSSR count). The first kappa shape index (κ1) is 31.9. The summed E-state index contributed by atoms with van der Waals surface area (Å²) in [5.74, 6) is -1.53. The number of unbranched alkanes of at least 4 members (excludes halogenated alkanes) is 1. The number of anilines is 1. The highest BCUT2D eigenvalue weighted by Gasteiger charge is 2.34. The molecule has 0 aliphatic rings. The number of carbonyl (C=O) groups is 2. The SMILES string of the molecule is CCCCNC(=O)[C@@H](C)N(Cc1ccccc1F)C(=O)CN(c1cc(Cl)ccc1OC)S(=O)(=O)c1ccc(C)cc1. The van der Waals surface area contributed by atoms with Crippen molar-refractivity contribution in [3.05, 3.63) is 88.7 Å². The van der Waals surface area contributed by atoms with Gasteiger partial charge < -0.3 is 15.0 Å². The van der Waals surface area contributed by atoms with Gasteiger partial charge in [0.05, 0.1) is 17.7 Å². The summed E-state index contributed by atoms with van der Waals surface area (Å²) < 4.78 is 49.0. The van der Waals surface area contributed by atoms with Crippen LogP contribution in [0.5, 0.6) is 5.75 Å². The maximum Gasteiger partial charge on any atom is 0.264 e. The molecular formula is C30H35ClFN3O5S. The van der Waals surface area contributed by atoms with Crippen LogP contribution in [0.15, 0.2) is 71.6 Å². The van der Waals surface area contributed by atoms with E-state index in [2.05, 4.69) is 5.32 Å². The zero-order chi connectivity index (χ0) is 30.2. The largest absolute Gasteiger partial charge is 0.495 e. The van der Waals surface area contributed by atoms with Crippen molar-refractivity contribution in [1.29, 1.82) is 0 Å². The van der Waals surface area contributed by atoms with Gasteiger partial charge in [-0.05, 0) is 56.7 Å². The minimum atomic E-state index is -4.32. The molecule has 0 aliphatic heterocycles. The van der Waals surface area contributed by atoms with Gasteiger partial charge in [0.1, 0.15) is 24.2 Å². The number of nitrogens with one attached hydrogen (secondary N) is 1. The average molecular weight is 604 g/mol. The molecule has 0 heterocycles. The molecule has 1 N–H and O–H groups in total. The summed E-state index contributed by atoms with van der Waals surface area (Å²) in [4.78, 5) is 28.1. The van der Waals surface area contributed by atoms with E-state index in [9.17, 15) is 22.4 Å². The molecular weight excluding hydrogens is 569 g/mol. The van der Waals surface area contributed by atoms with Crippen molar-refractivity contribution in [3.63, 3.8) is 0 Å². The molecule has 0 fully saturated rings. The smallest absolute Gasteiger partial charge is 0.264 e. The van der Waals surface area contributed by atoms with Crippen LogP contribution < -0.4 is 14.4 Å². The van der Waals surface area contributed by atoms with Crippen LogP contribution in [0.1, 0.15) is 37.8 Å². The second-order valence-electron chi connectivity index (χ2n) is 9.57. The first-order valence-corrected chi connectivity index (χ1v) is 15.0. The van der Waals surface area contributed by atoms with E-state index in [0.717, 1.165) is 22.7 Å². The molecule has 3 aromatic carbocycles. The predicted molar refractivity (Wildman–Crippen MR) is 158 cm³/mol. The topological polar surface area (TPSA) is 96.0 Å². The van der Waals surface area contributed by atoms with Crippen LogP contribution in [-0.2, 0) is 26.2 Å². The van der Waals surface area contributed by atoms with Gasteiger partial charge in [-0.1, -0.05) is 60.8 Å². The van der Waals surface area contributed by atoms with Crippen LogP contribution >= 0.6 is 11.6 Å². The Morgan fingerprint density at radius 2 is 1.76 bits per heavy atom. The summed E-state index contributed by atoms with van der Waals surface area (Å²) in [5, 5.41) is 3.02. The summed E-state index contributed by atoms with van der Waals surface area (Å²) in [6.45, 7) is 4.79. The molecule has 0 aromatic heterocycles. The molecule has 0 radical (unpaired) electrons. The quantitative estimate of drug-likeness (QED) is 0.267. The molecule has 0 saturated heterocycles. The van der Waals surface area contributed by atoms with Gasteiger partial charge in [0, 0.05) is 23.7 Å². The van der Waals surface area contributed by atoms with Crippen LogP contribution in [-0.4, -0.2) is 51.4 Å². The van der Waals surface area contributed by atoms with E-state index >= 15 is 0 Å². The molecule has 220 valence electrons. The second-order valence-corrected chi connectivity index (χ2v) is 11.9.